The lowest BCUT2D eigenvalue weighted by Gasteiger charge is -2.10. The van der Waals surface area contributed by atoms with Gasteiger partial charge in [0, 0.05) is 12.6 Å². The molecule has 1 aromatic heterocycles. The molecule has 1 aliphatic carbocycles. The molecule has 0 spiro atoms. The summed E-state index contributed by atoms with van der Waals surface area (Å²) < 4.78 is 14.5. The molecule has 4 N–H and O–H groups in total. The topological polar surface area (TPSA) is 93.2 Å². The van der Waals surface area contributed by atoms with Crippen molar-refractivity contribution < 1.29 is 14.3 Å². The van der Waals surface area contributed by atoms with Gasteiger partial charge in [-0.05, 0) is 49.4 Å². The van der Waals surface area contributed by atoms with Crippen LogP contribution in [0.25, 0.3) is 5.69 Å². The number of hydrogen-bond donors (Lipinski definition) is 3. The van der Waals surface area contributed by atoms with Crippen LogP contribution in [0, 0.1) is 18.7 Å². The second kappa shape index (κ2) is 6.00. The molecule has 1 amide bonds. The van der Waals surface area contributed by atoms with Gasteiger partial charge in [-0.15, -0.1) is 0 Å². The molecule has 1 unspecified atom stereocenters. The fourth-order valence-corrected chi connectivity index (χ4v) is 2.51. The Balaban J connectivity index is 1.75. The van der Waals surface area contributed by atoms with E-state index in [1.165, 1.54) is 23.0 Å². The number of aromatic hydroxyl groups is 1. The maximum absolute atomic E-state index is 13.2. The van der Waals surface area contributed by atoms with Gasteiger partial charge in [0.25, 0.3) is 5.91 Å². The van der Waals surface area contributed by atoms with Crippen molar-refractivity contribution in [2.45, 2.75) is 25.8 Å². The molecule has 1 heterocycles. The summed E-state index contributed by atoms with van der Waals surface area (Å²) in [4.78, 5) is 12.1. The number of nitrogens with one attached hydrogen (secondary N) is 1. The van der Waals surface area contributed by atoms with Crippen molar-refractivity contribution in [3.63, 3.8) is 0 Å². The minimum atomic E-state index is -0.475. The molecule has 6 nitrogen and oxygen atoms in total. The molecular weight excluding hydrogens is 299 g/mol. The number of nitrogens with zero attached hydrogens (tertiary/aromatic N) is 2. The fraction of sp³-hybridized carbons (Fsp3) is 0.375. The first-order valence-corrected chi connectivity index (χ1v) is 7.54. The first kappa shape index (κ1) is 15.5. The van der Waals surface area contributed by atoms with Crippen molar-refractivity contribution in [1.82, 2.24) is 15.1 Å². The molecule has 0 aliphatic heterocycles. The lowest BCUT2D eigenvalue weighted by atomic mass is 10.2. The third kappa shape index (κ3) is 3.34. The number of benzene rings is 1. The van der Waals surface area contributed by atoms with Gasteiger partial charge in [0.15, 0.2) is 11.4 Å². The molecule has 0 saturated heterocycles. The Morgan fingerprint density at radius 2 is 2.30 bits per heavy atom. The molecule has 7 heteroatoms. The molecule has 2 aromatic rings. The molecule has 3 rings (SSSR count). The van der Waals surface area contributed by atoms with Gasteiger partial charge < -0.3 is 16.2 Å². The standard InChI is InChI=1S/C16H19FN4O2/c1-9-6-11(17)4-5-13(9)21-8-14(22)15(20-21)16(23)19-7-12(18)10-2-3-10/h4-6,8,10,12,22H,2-3,7,18H2,1H3,(H,19,23). The van der Waals surface area contributed by atoms with E-state index in [0.29, 0.717) is 23.7 Å². The van der Waals surface area contributed by atoms with E-state index in [0.717, 1.165) is 12.8 Å². The maximum Gasteiger partial charge on any atom is 0.275 e. The van der Waals surface area contributed by atoms with Crippen LogP contribution in [-0.2, 0) is 0 Å². The average Bonchev–Trinajstić information content (AvgIpc) is 3.28. The zero-order valence-corrected chi connectivity index (χ0v) is 12.8. The van der Waals surface area contributed by atoms with Gasteiger partial charge in [0.05, 0.1) is 11.9 Å². The largest absolute Gasteiger partial charge is 0.504 e. The second-order valence-corrected chi connectivity index (χ2v) is 5.95. The average molecular weight is 318 g/mol. The SMILES string of the molecule is Cc1cc(F)ccc1-n1cc(O)c(C(=O)NCC(N)C2CC2)n1. The number of carbonyl (C=O) groups excluding carboxylic acids is 1. The number of amides is 1. The van der Waals surface area contributed by atoms with Crippen molar-refractivity contribution in [3.8, 4) is 11.4 Å². The minimum absolute atomic E-state index is 0.0671. The summed E-state index contributed by atoms with van der Waals surface area (Å²) in [6.07, 6.45) is 3.53. The van der Waals surface area contributed by atoms with Crippen LogP contribution < -0.4 is 11.1 Å². The summed E-state index contributed by atoms with van der Waals surface area (Å²) in [5.74, 6) is -0.582. The first-order valence-electron chi connectivity index (χ1n) is 7.54. The second-order valence-electron chi connectivity index (χ2n) is 5.95. The van der Waals surface area contributed by atoms with Gasteiger partial charge in [-0.3, -0.25) is 4.79 Å². The number of rotatable bonds is 5. The lowest BCUT2D eigenvalue weighted by molar-refractivity contribution is 0.0942. The minimum Gasteiger partial charge on any atom is -0.504 e. The molecule has 1 fully saturated rings. The van der Waals surface area contributed by atoms with E-state index in [1.807, 2.05) is 0 Å². The predicted octanol–water partition coefficient (Wildman–Crippen LogP) is 1.49. The number of halogens is 1. The number of carbonyl (C=O) groups is 1. The molecule has 1 aliphatic rings. The van der Waals surface area contributed by atoms with Crippen LogP contribution in [0.15, 0.2) is 24.4 Å². The van der Waals surface area contributed by atoms with Crippen molar-refractivity contribution in [2.75, 3.05) is 6.54 Å². The van der Waals surface area contributed by atoms with E-state index in [4.69, 9.17) is 5.73 Å². The predicted molar refractivity (Wildman–Crippen MR) is 83.0 cm³/mol. The van der Waals surface area contributed by atoms with Crippen LogP contribution in [0.5, 0.6) is 5.75 Å². The normalized spacial score (nSPS) is 15.4. The fourth-order valence-electron chi connectivity index (χ4n) is 2.51. The van der Waals surface area contributed by atoms with Gasteiger partial charge in [0.1, 0.15) is 5.82 Å². The Morgan fingerprint density at radius 3 is 2.96 bits per heavy atom. The van der Waals surface area contributed by atoms with E-state index in [1.54, 1.807) is 13.0 Å². The van der Waals surface area contributed by atoms with E-state index in [-0.39, 0.29) is 23.3 Å². The molecule has 23 heavy (non-hydrogen) atoms. The van der Waals surface area contributed by atoms with E-state index in [9.17, 15) is 14.3 Å². The van der Waals surface area contributed by atoms with E-state index < -0.39 is 5.91 Å². The van der Waals surface area contributed by atoms with E-state index in [2.05, 4.69) is 10.4 Å². The van der Waals surface area contributed by atoms with Gasteiger partial charge in [-0.2, -0.15) is 5.10 Å². The summed E-state index contributed by atoms with van der Waals surface area (Å²) >= 11 is 0. The van der Waals surface area contributed by atoms with Crippen LogP contribution in [0.4, 0.5) is 4.39 Å². The van der Waals surface area contributed by atoms with Gasteiger partial charge in [0.2, 0.25) is 0 Å². The smallest absolute Gasteiger partial charge is 0.275 e. The van der Waals surface area contributed by atoms with Gasteiger partial charge in [-0.25, -0.2) is 9.07 Å². The summed E-state index contributed by atoms with van der Waals surface area (Å²) in [6, 6.07) is 4.14. The summed E-state index contributed by atoms with van der Waals surface area (Å²) in [5.41, 5.74) is 7.10. The molecule has 1 saturated carbocycles. The third-order valence-corrected chi connectivity index (χ3v) is 4.04. The van der Waals surface area contributed by atoms with Crippen LogP contribution in [0.2, 0.25) is 0 Å². The highest BCUT2D eigenvalue weighted by molar-refractivity contribution is 5.94. The lowest BCUT2D eigenvalue weighted by Crippen LogP contribution is -2.38. The Hall–Kier alpha value is -2.41. The highest BCUT2D eigenvalue weighted by Gasteiger charge is 2.29. The monoisotopic (exact) mass is 318 g/mol. The number of nitrogens with two attached hydrogens (primary N) is 1. The first-order chi connectivity index (χ1) is 11.0. The van der Waals surface area contributed by atoms with Crippen molar-refractivity contribution in [2.24, 2.45) is 11.7 Å². The van der Waals surface area contributed by atoms with E-state index >= 15 is 0 Å². The Morgan fingerprint density at radius 1 is 1.57 bits per heavy atom. The Kier molecular flexibility index (Phi) is 4.04. The zero-order chi connectivity index (χ0) is 16.6. The molecular formula is C16H19FN4O2. The number of aromatic nitrogens is 2. The summed E-state index contributed by atoms with van der Waals surface area (Å²) in [5, 5.41) is 16.7. The molecule has 1 atom stereocenters. The Labute approximate surface area is 133 Å². The maximum atomic E-state index is 13.2. The molecule has 0 radical (unpaired) electrons. The van der Waals surface area contributed by atoms with Crippen LogP contribution in [-0.4, -0.2) is 33.4 Å². The Bertz CT molecular complexity index is 740. The number of aryl methyl sites for hydroxylation is 1. The molecule has 0 bridgehead atoms. The van der Waals surface area contributed by atoms with Crippen LogP contribution >= 0.6 is 0 Å². The summed E-state index contributed by atoms with van der Waals surface area (Å²) in [6.45, 7) is 2.08. The van der Waals surface area contributed by atoms with Gasteiger partial charge >= 0.3 is 0 Å². The van der Waals surface area contributed by atoms with Crippen molar-refractivity contribution >= 4 is 5.91 Å². The molecule has 122 valence electrons. The van der Waals surface area contributed by atoms with Crippen LogP contribution in [0.3, 0.4) is 0 Å². The quantitative estimate of drug-likeness (QED) is 0.779. The third-order valence-electron chi connectivity index (χ3n) is 4.04. The highest BCUT2D eigenvalue weighted by atomic mass is 19.1. The van der Waals surface area contributed by atoms with Crippen LogP contribution in [0.1, 0.15) is 28.9 Å². The highest BCUT2D eigenvalue weighted by Crippen LogP contribution is 2.31. The van der Waals surface area contributed by atoms with Crippen molar-refractivity contribution in [3.05, 3.63) is 41.5 Å². The van der Waals surface area contributed by atoms with Crippen molar-refractivity contribution in [1.29, 1.82) is 0 Å². The number of hydrogen-bond acceptors (Lipinski definition) is 4. The van der Waals surface area contributed by atoms with Gasteiger partial charge in [-0.1, -0.05) is 0 Å². The summed E-state index contributed by atoms with van der Waals surface area (Å²) in [7, 11) is 0. The molecule has 1 aromatic carbocycles. The zero-order valence-electron chi connectivity index (χ0n) is 12.8.